The summed E-state index contributed by atoms with van der Waals surface area (Å²) in [6.07, 6.45) is 2.45. The Morgan fingerprint density at radius 1 is 1.06 bits per heavy atom. The Balaban J connectivity index is 2.06. The van der Waals surface area contributed by atoms with Crippen molar-refractivity contribution in [1.82, 2.24) is 9.97 Å². The third-order valence-electron chi connectivity index (χ3n) is 2.72. The molecule has 0 unspecified atom stereocenters. The smallest absolute Gasteiger partial charge is 0.133 e. The van der Waals surface area contributed by atoms with Crippen molar-refractivity contribution >= 4 is 15.9 Å². The van der Waals surface area contributed by atoms with Crippen LogP contribution >= 0.6 is 15.9 Å². The van der Waals surface area contributed by atoms with Crippen molar-refractivity contribution < 1.29 is 0 Å². The molecule has 1 saturated carbocycles. The average Bonchev–Trinajstić information content (AvgIpc) is 3.13. The largest absolute Gasteiger partial charge is 0.233 e. The van der Waals surface area contributed by atoms with Crippen LogP contribution in [0.3, 0.4) is 0 Å². The molecule has 1 aromatic carbocycles. The number of hydrogen-bond acceptors (Lipinski definition) is 2. The van der Waals surface area contributed by atoms with Crippen LogP contribution in [-0.4, -0.2) is 9.97 Å². The highest BCUT2D eigenvalue weighted by atomic mass is 79.9. The maximum absolute atomic E-state index is 4.62. The zero-order chi connectivity index (χ0) is 11.0. The van der Waals surface area contributed by atoms with Crippen molar-refractivity contribution in [2.75, 3.05) is 0 Å². The van der Waals surface area contributed by atoms with Crippen LogP contribution in [0.4, 0.5) is 0 Å². The van der Waals surface area contributed by atoms with Crippen LogP contribution in [0.1, 0.15) is 24.6 Å². The third-order valence-corrected chi connectivity index (χ3v) is 3.13. The summed E-state index contributed by atoms with van der Waals surface area (Å²) < 4.78 is 0.878. The molecule has 1 aromatic heterocycles. The third kappa shape index (κ3) is 2.00. The topological polar surface area (TPSA) is 25.8 Å². The standard InChI is InChI=1S/C13H11BrN2/c14-12-8-11(9-4-2-1-3-5-9)15-13(16-12)10-6-7-10/h1-5,8,10H,6-7H2. The fourth-order valence-corrected chi connectivity index (χ4v) is 2.11. The van der Waals surface area contributed by atoms with E-state index in [-0.39, 0.29) is 0 Å². The van der Waals surface area contributed by atoms with Gasteiger partial charge in [-0.15, -0.1) is 0 Å². The maximum Gasteiger partial charge on any atom is 0.133 e. The van der Waals surface area contributed by atoms with Gasteiger partial charge in [-0.25, -0.2) is 9.97 Å². The van der Waals surface area contributed by atoms with Gasteiger partial charge in [-0.1, -0.05) is 30.3 Å². The number of benzene rings is 1. The van der Waals surface area contributed by atoms with Crippen LogP contribution in [0.25, 0.3) is 11.3 Å². The van der Waals surface area contributed by atoms with Gasteiger partial charge in [0.05, 0.1) is 5.69 Å². The van der Waals surface area contributed by atoms with Gasteiger partial charge in [0, 0.05) is 11.5 Å². The summed E-state index contributed by atoms with van der Waals surface area (Å²) in [5.74, 6) is 1.56. The molecule has 80 valence electrons. The van der Waals surface area contributed by atoms with Crippen molar-refractivity contribution in [2.24, 2.45) is 0 Å². The highest BCUT2D eigenvalue weighted by Gasteiger charge is 2.27. The van der Waals surface area contributed by atoms with E-state index in [2.05, 4.69) is 38.0 Å². The van der Waals surface area contributed by atoms with Crippen molar-refractivity contribution in [3.05, 3.63) is 46.8 Å². The SMILES string of the molecule is Brc1cc(-c2ccccc2)nc(C2CC2)n1. The molecule has 2 nitrogen and oxygen atoms in total. The van der Waals surface area contributed by atoms with Crippen molar-refractivity contribution in [1.29, 1.82) is 0 Å². The summed E-state index contributed by atoms with van der Waals surface area (Å²) in [6, 6.07) is 12.2. The van der Waals surface area contributed by atoms with E-state index in [9.17, 15) is 0 Å². The zero-order valence-electron chi connectivity index (χ0n) is 8.73. The van der Waals surface area contributed by atoms with E-state index in [0.29, 0.717) is 5.92 Å². The van der Waals surface area contributed by atoms with Crippen LogP contribution in [0.2, 0.25) is 0 Å². The van der Waals surface area contributed by atoms with E-state index in [1.54, 1.807) is 0 Å². The molecule has 0 N–H and O–H groups in total. The zero-order valence-corrected chi connectivity index (χ0v) is 10.3. The molecule has 0 amide bonds. The molecule has 1 heterocycles. The van der Waals surface area contributed by atoms with Crippen LogP contribution in [0, 0.1) is 0 Å². The molecule has 0 saturated heterocycles. The van der Waals surface area contributed by atoms with Crippen LogP contribution in [-0.2, 0) is 0 Å². The minimum atomic E-state index is 0.583. The van der Waals surface area contributed by atoms with Gasteiger partial charge in [0.1, 0.15) is 10.4 Å². The molecule has 1 aliphatic rings. The van der Waals surface area contributed by atoms with E-state index < -0.39 is 0 Å². The summed E-state index contributed by atoms with van der Waals surface area (Å²) in [5.41, 5.74) is 2.15. The number of halogens is 1. The van der Waals surface area contributed by atoms with Crippen molar-refractivity contribution in [2.45, 2.75) is 18.8 Å². The lowest BCUT2D eigenvalue weighted by Gasteiger charge is -2.04. The second-order valence-electron chi connectivity index (χ2n) is 4.07. The minimum Gasteiger partial charge on any atom is -0.233 e. The quantitative estimate of drug-likeness (QED) is 0.779. The van der Waals surface area contributed by atoms with Crippen LogP contribution in [0.15, 0.2) is 41.0 Å². The Kier molecular flexibility index (Phi) is 2.48. The minimum absolute atomic E-state index is 0.583. The summed E-state index contributed by atoms with van der Waals surface area (Å²) >= 11 is 3.46. The lowest BCUT2D eigenvalue weighted by atomic mass is 10.1. The molecule has 3 heteroatoms. The predicted octanol–water partition coefficient (Wildman–Crippen LogP) is 3.78. The first-order valence-corrected chi connectivity index (χ1v) is 6.22. The van der Waals surface area contributed by atoms with Gasteiger partial charge < -0.3 is 0 Å². The predicted molar refractivity (Wildman–Crippen MR) is 67.1 cm³/mol. The Morgan fingerprint density at radius 3 is 2.50 bits per heavy atom. The molecule has 3 rings (SSSR count). The molecule has 2 aromatic rings. The highest BCUT2D eigenvalue weighted by molar-refractivity contribution is 9.10. The first-order chi connectivity index (χ1) is 7.83. The molecule has 0 bridgehead atoms. The molecular formula is C13H11BrN2. The normalized spacial score (nSPS) is 15.1. The van der Waals surface area contributed by atoms with E-state index >= 15 is 0 Å². The van der Waals surface area contributed by atoms with Gasteiger partial charge in [0.2, 0.25) is 0 Å². The van der Waals surface area contributed by atoms with E-state index in [0.717, 1.165) is 21.7 Å². The van der Waals surface area contributed by atoms with Gasteiger partial charge >= 0.3 is 0 Å². The Bertz CT molecular complexity index is 507. The molecule has 1 aliphatic carbocycles. The first-order valence-electron chi connectivity index (χ1n) is 5.43. The fourth-order valence-electron chi connectivity index (χ4n) is 1.72. The van der Waals surface area contributed by atoms with E-state index in [4.69, 9.17) is 0 Å². The summed E-state index contributed by atoms with van der Waals surface area (Å²) in [4.78, 5) is 9.05. The van der Waals surface area contributed by atoms with Gasteiger partial charge in [-0.3, -0.25) is 0 Å². The molecule has 0 atom stereocenters. The lowest BCUT2D eigenvalue weighted by Crippen LogP contribution is -1.95. The lowest BCUT2D eigenvalue weighted by molar-refractivity contribution is 0.919. The van der Waals surface area contributed by atoms with Crippen LogP contribution in [0.5, 0.6) is 0 Å². The molecule has 1 fully saturated rings. The van der Waals surface area contributed by atoms with E-state index in [1.165, 1.54) is 12.8 Å². The summed E-state index contributed by atoms with van der Waals surface area (Å²) in [7, 11) is 0. The molecule has 0 radical (unpaired) electrons. The van der Waals surface area contributed by atoms with E-state index in [1.807, 2.05) is 24.3 Å². The van der Waals surface area contributed by atoms with Gasteiger partial charge in [-0.05, 0) is 34.8 Å². The van der Waals surface area contributed by atoms with Crippen molar-refractivity contribution in [3.8, 4) is 11.3 Å². The molecule has 0 spiro atoms. The second-order valence-corrected chi connectivity index (χ2v) is 4.89. The molecular weight excluding hydrogens is 264 g/mol. The molecule has 16 heavy (non-hydrogen) atoms. The monoisotopic (exact) mass is 274 g/mol. The number of nitrogens with zero attached hydrogens (tertiary/aromatic N) is 2. The fraction of sp³-hybridized carbons (Fsp3) is 0.231. The maximum atomic E-state index is 4.62. The molecule has 0 aliphatic heterocycles. The average molecular weight is 275 g/mol. The Hall–Kier alpha value is -1.22. The number of hydrogen-bond donors (Lipinski definition) is 0. The van der Waals surface area contributed by atoms with Gasteiger partial charge in [0.15, 0.2) is 0 Å². The van der Waals surface area contributed by atoms with Crippen molar-refractivity contribution in [3.63, 3.8) is 0 Å². The van der Waals surface area contributed by atoms with Gasteiger partial charge in [0.25, 0.3) is 0 Å². The number of rotatable bonds is 2. The summed E-state index contributed by atoms with van der Waals surface area (Å²) in [5, 5.41) is 0. The highest BCUT2D eigenvalue weighted by Crippen LogP contribution is 2.39. The number of aromatic nitrogens is 2. The van der Waals surface area contributed by atoms with Gasteiger partial charge in [-0.2, -0.15) is 0 Å². The van der Waals surface area contributed by atoms with Crippen LogP contribution < -0.4 is 0 Å². The second kappa shape index (κ2) is 3.98. The Labute approximate surface area is 103 Å². The summed E-state index contributed by atoms with van der Waals surface area (Å²) in [6.45, 7) is 0. The Morgan fingerprint density at radius 2 is 1.81 bits per heavy atom. The first kappa shape index (κ1) is 9.97.